The first-order valence-electron chi connectivity index (χ1n) is 6.80. The van der Waals surface area contributed by atoms with Crippen LogP contribution in [0.1, 0.15) is 30.4 Å². The van der Waals surface area contributed by atoms with E-state index >= 15 is 0 Å². The Hall–Kier alpha value is -0.850. The second-order valence-electron chi connectivity index (χ2n) is 5.22. The van der Waals surface area contributed by atoms with Crippen LogP contribution in [0.15, 0.2) is 16.7 Å². The first-order valence-corrected chi connectivity index (χ1v) is 7.59. The summed E-state index contributed by atoms with van der Waals surface area (Å²) < 4.78 is 8.31. The van der Waals surface area contributed by atoms with E-state index in [1.807, 2.05) is 44.8 Å². The average molecular weight is 346 g/mol. The van der Waals surface area contributed by atoms with Crippen molar-refractivity contribution in [2.75, 3.05) is 40.4 Å². The lowest BCUT2D eigenvalue weighted by Gasteiger charge is -2.13. The number of carbonyl (C=O) groups is 1. The third kappa shape index (κ3) is 5.64. The zero-order chi connectivity index (χ0) is 15.1. The van der Waals surface area contributed by atoms with E-state index in [4.69, 9.17) is 4.74 Å². The summed E-state index contributed by atoms with van der Waals surface area (Å²) in [5.41, 5.74) is 0.667. The van der Waals surface area contributed by atoms with Crippen LogP contribution in [-0.4, -0.2) is 55.8 Å². The Morgan fingerprint density at radius 2 is 2.15 bits per heavy atom. The molecular formula is C14H24BrN3O2. The lowest BCUT2D eigenvalue weighted by molar-refractivity contribution is 0.0890. The lowest BCUT2D eigenvalue weighted by atomic mass is 10.3. The molecule has 6 heteroatoms. The quantitative estimate of drug-likeness (QED) is 0.734. The van der Waals surface area contributed by atoms with Gasteiger partial charge in [0.15, 0.2) is 0 Å². The highest BCUT2D eigenvalue weighted by molar-refractivity contribution is 9.10. The standard InChI is InChI=1S/C14H24BrN3O2/c1-11(2)18-10-12(15)9-13(18)14(19)16-5-7-20-8-6-17(3)4/h9-11H,5-8H2,1-4H3,(H,16,19). The van der Waals surface area contributed by atoms with Crippen LogP contribution in [0, 0.1) is 0 Å². The Morgan fingerprint density at radius 3 is 2.75 bits per heavy atom. The van der Waals surface area contributed by atoms with Crippen LogP contribution in [0.3, 0.4) is 0 Å². The van der Waals surface area contributed by atoms with Gasteiger partial charge >= 0.3 is 0 Å². The van der Waals surface area contributed by atoms with Gasteiger partial charge < -0.3 is 19.5 Å². The molecule has 0 spiro atoms. The van der Waals surface area contributed by atoms with Gasteiger partial charge in [0, 0.05) is 29.8 Å². The molecule has 5 nitrogen and oxygen atoms in total. The highest BCUT2D eigenvalue weighted by Gasteiger charge is 2.14. The second kappa shape index (κ2) is 8.44. The minimum atomic E-state index is -0.0689. The van der Waals surface area contributed by atoms with E-state index in [1.54, 1.807) is 0 Å². The van der Waals surface area contributed by atoms with E-state index in [0.717, 1.165) is 11.0 Å². The molecule has 0 bridgehead atoms. The molecule has 0 saturated heterocycles. The molecule has 0 aliphatic heterocycles. The van der Waals surface area contributed by atoms with Gasteiger partial charge in [0.1, 0.15) is 5.69 Å². The van der Waals surface area contributed by atoms with E-state index in [9.17, 15) is 4.79 Å². The van der Waals surface area contributed by atoms with E-state index in [2.05, 4.69) is 26.1 Å². The summed E-state index contributed by atoms with van der Waals surface area (Å²) in [5, 5.41) is 2.88. The first kappa shape index (κ1) is 17.2. The number of rotatable bonds is 8. The van der Waals surface area contributed by atoms with Crippen molar-refractivity contribution in [2.45, 2.75) is 19.9 Å². The molecule has 0 aromatic carbocycles. The number of nitrogens with one attached hydrogen (secondary N) is 1. The molecule has 1 heterocycles. The number of aromatic nitrogens is 1. The highest BCUT2D eigenvalue weighted by Crippen LogP contribution is 2.19. The van der Waals surface area contributed by atoms with E-state index in [0.29, 0.717) is 25.5 Å². The zero-order valence-corrected chi connectivity index (χ0v) is 14.2. The number of halogens is 1. The van der Waals surface area contributed by atoms with Gasteiger partial charge in [-0.05, 0) is 49.9 Å². The number of likely N-dealkylation sites (N-methyl/N-ethyl adjacent to an activating group) is 1. The van der Waals surface area contributed by atoms with Gasteiger partial charge in [-0.2, -0.15) is 0 Å². The Balaban J connectivity index is 2.36. The molecule has 0 atom stereocenters. The topological polar surface area (TPSA) is 46.5 Å². The fourth-order valence-corrected chi connectivity index (χ4v) is 2.17. The smallest absolute Gasteiger partial charge is 0.268 e. The summed E-state index contributed by atoms with van der Waals surface area (Å²) >= 11 is 3.41. The number of nitrogens with zero attached hydrogens (tertiary/aromatic N) is 2. The molecule has 1 rings (SSSR count). The van der Waals surface area contributed by atoms with E-state index < -0.39 is 0 Å². The van der Waals surface area contributed by atoms with Crippen LogP contribution >= 0.6 is 15.9 Å². The molecule has 20 heavy (non-hydrogen) atoms. The summed E-state index contributed by atoms with van der Waals surface area (Å²) in [4.78, 5) is 14.2. The van der Waals surface area contributed by atoms with Gasteiger partial charge in [-0.15, -0.1) is 0 Å². The predicted octanol–water partition coefficient (Wildman–Crippen LogP) is 2.14. The van der Waals surface area contributed by atoms with Gasteiger partial charge in [-0.25, -0.2) is 0 Å². The third-order valence-corrected chi connectivity index (χ3v) is 3.25. The van der Waals surface area contributed by atoms with E-state index in [1.165, 1.54) is 0 Å². The van der Waals surface area contributed by atoms with Crippen molar-refractivity contribution in [1.82, 2.24) is 14.8 Å². The molecule has 114 valence electrons. The molecule has 1 aromatic rings. The summed E-state index contributed by atoms with van der Waals surface area (Å²) in [7, 11) is 4.01. The minimum Gasteiger partial charge on any atom is -0.378 e. The maximum absolute atomic E-state index is 12.1. The molecular weight excluding hydrogens is 322 g/mol. The fraction of sp³-hybridized carbons (Fsp3) is 0.643. The van der Waals surface area contributed by atoms with Crippen LogP contribution < -0.4 is 5.32 Å². The number of hydrogen-bond donors (Lipinski definition) is 1. The molecule has 0 radical (unpaired) electrons. The third-order valence-electron chi connectivity index (χ3n) is 2.82. The maximum Gasteiger partial charge on any atom is 0.268 e. The average Bonchev–Trinajstić information content (AvgIpc) is 2.75. The van der Waals surface area contributed by atoms with Crippen molar-refractivity contribution in [2.24, 2.45) is 0 Å². The Bertz CT molecular complexity index is 430. The summed E-state index contributed by atoms with van der Waals surface area (Å²) in [6.07, 6.45) is 1.92. The minimum absolute atomic E-state index is 0.0689. The molecule has 1 aromatic heterocycles. The number of carbonyl (C=O) groups excluding carboxylic acids is 1. The van der Waals surface area contributed by atoms with Crippen molar-refractivity contribution in [3.05, 3.63) is 22.4 Å². The molecule has 0 fully saturated rings. The normalized spacial score (nSPS) is 11.3. The molecule has 0 unspecified atom stereocenters. The lowest BCUT2D eigenvalue weighted by Crippen LogP contribution is -2.30. The highest BCUT2D eigenvalue weighted by atomic mass is 79.9. The van der Waals surface area contributed by atoms with Crippen LogP contribution in [-0.2, 0) is 4.74 Å². The second-order valence-corrected chi connectivity index (χ2v) is 6.13. The number of amides is 1. The van der Waals surface area contributed by atoms with Crippen LogP contribution in [0.2, 0.25) is 0 Å². The van der Waals surface area contributed by atoms with Gasteiger partial charge in [-0.1, -0.05) is 0 Å². The molecule has 0 aliphatic rings. The first-order chi connectivity index (χ1) is 9.41. The van der Waals surface area contributed by atoms with Gasteiger partial charge in [0.2, 0.25) is 0 Å². The largest absolute Gasteiger partial charge is 0.378 e. The van der Waals surface area contributed by atoms with Crippen LogP contribution in [0.4, 0.5) is 0 Å². The summed E-state index contributed by atoms with van der Waals surface area (Å²) in [5.74, 6) is -0.0689. The zero-order valence-electron chi connectivity index (χ0n) is 12.6. The van der Waals surface area contributed by atoms with Crippen molar-refractivity contribution in [3.63, 3.8) is 0 Å². The summed E-state index contributed by atoms with van der Waals surface area (Å²) in [6.45, 7) is 6.71. The Kier molecular flexibility index (Phi) is 7.26. The van der Waals surface area contributed by atoms with Crippen LogP contribution in [0.25, 0.3) is 0 Å². The Labute approximate surface area is 129 Å². The van der Waals surface area contributed by atoms with Gasteiger partial charge in [0.25, 0.3) is 5.91 Å². The van der Waals surface area contributed by atoms with Crippen molar-refractivity contribution in [1.29, 1.82) is 0 Å². The molecule has 0 aliphatic carbocycles. The molecule has 1 amide bonds. The van der Waals surface area contributed by atoms with Crippen LogP contribution in [0.5, 0.6) is 0 Å². The van der Waals surface area contributed by atoms with E-state index in [-0.39, 0.29) is 11.9 Å². The number of ether oxygens (including phenoxy) is 1. The fourth-order valence-electron chi connectivity index (χ4n) is 1.73. The van der Waals surface area contributed by atoms with Crippen molar-refractivity contribution >= 4 is 21.8 Å². The monoisotopic (exact) mass is 345 g/mol. The summed E-state index contributed by atoms with van der Waals surface area (Å²) in [6, 6.07) is 2.08. The van der Waals surface area contributed by atoms with Crippen molar-refractivity contribution in [3.8, 4) is 0 Å². The number of hydrogen-bond acceptors (Lipinski definition) is 3. The SMILES string of the molecule is CC(C)n1cc(Br)cc1C(=O)NCCOCCN(C)C. The van der Waals surface area contributed by atoms with Crippen molar-refractivity contribution < 1.29 is 9.53 Å². The molecule has 1 N–H and O–H groups in total. The Morgan fingerprint density at radius 1 is 1.45 bits per heavy atom. The predicted molar refractivity (Wildman–Crippen MR) is 84.2 cm³/mol. The van der Waals surface area contributed by atoms with Gasteiger partial charge in [-0.3, -0.25) is 4.79 Å². The van der Waals surface area contributed by atoms with Gasteiger partial charge in [0.05, 0.1) is 13.2 Å². The molecule has 0 saturated carbocycles. The maximum atomic E-state index is 12.1.